The van der Waals surface area contributed by atoms with Crippen molar-refractivity contribution in [1.82, 2.24) is 20.0 Å². The van der Waals surface area contributed by atoms with E-state index in [9.17, 15) is 4.79 Å². The fourth-order valence-corrected chi connectivity index (χ4v) is 3.93. The highest BCUT2D eigenvalue weighted by molar-refractivity contribution is 7.20. The van der Waals surface area contributed by atoms with E-state index in [4.69, 9.17) is 0 Å². The van der Waals surface area contributed by atoms with Crippen LogP contribution in [0.3, 0.4) is 0 Å². The maximum Gasteiger partial charge on any atom is 0.264 e. The number of aryl methyl sites for hydroxylation is 2. The quantitative estimate of drug-likeness (QED) is 0.919. The number of carbonyl (C=O) groups is 1. The van der Waals surface area contributed by atoms with E-state index in [0.717, 1.165) is 46.7 Å². The number of aromatic nitrogens is 2. The summed E-state index contributed by atoms with van der Waals surface area (Å²) in [7, 11) is 3.92. The molecule has 2 aromatic heterocycles. The minimum atomic E-state index is 0. The fourth-order valence-electron chi connectivity index (χ4n) is 2.84. The van der Waals surface area contributed by atoms with Gasteiger partial charge in [-0.05, 0) is 32.9 Å². The van der Waals surface area contributed by atoms with E-state index >= 15 is 0 Å². The van der Waals surface area contributed by atoms with Crippen molar-refractivity contribution >= 4 is 39.9 Å². The fraction of sp³-hybridized carbons (Fsp3) is 0.571. The molecule has 1 aliphatic heterocycles. The van der Waals surface area contributed by atoms with Crippen LogP contribution in [0.25, 0.3) is 10.2 Å². The summed E-state index contributed by atoms with van der Waals surface area (Å²) < 4.78 is 1.86. The van der Waals surface area contributed by atoms with Crippen molar-refractivity contribution in [3.05, 3.63) is 16.6 Å². The molecular formula is C14H21ClN4OS. The molecule has 1 saturated heterocycles. The first-order valence-electron chi connectivity index (χ1n) is 7.00. The number of carbonyl (C=O) groups excluding carboxylic acids is 1. The summed E-state index contributed by atoms with van der Waals surface area (Å²) in [5.74, 6) is 0.167. The number of rotatable bonds is 2. The Labute approximate surface area is 134 Å². The highest BCUT2D eigenvalue weighted by atomic mass is 35.5. The third-order valence-corrected chi connectivity index (χ3v) is 5.29. The summed E-state index contributed by atoms with van der Waals surface area (Å²) in [5.41, 5.74) is 0.992. The smallest absolute Gasteiger partial charge is 0.264 e. The predicted octanol–water partition coefficient (Wildman–Crippen LogP) is 2.19. The Morgan fingerprint density at radius 2 is 2.10 bits per heavy atom. The highest BCUT2D eigenvalue weighted by Crippen LogP contribution is 2.29. The van der Waals surface area contributed by atoms with Crippen LogP contribution in [0.5, 0.6) is 0 Å². The average molecular weight is 329 g/mol. The van der Waals surface area contributed by atoms with Crippen molar-refractivity contribution < 1.29 is 4.79 Å². The zero-order chi connectivity index (χ0) is 14.3. The minimum absolute atomic E-state index is 0. The zero-order valence-corrected chi connectivity index (χ0v) is 14.2. The van der Waals surface area contributed by atoms with E-state index in [0.29, 0.717) is 6.04 Å². The Balaban J connectivity index is 0.00000161. The first-order valence-corrected chi connectivity index (χ1v) is 7.81. The number of thiophene rings is 1. The van der Waals surface area contributed by atoms with Crippen LogP contribution >= 0.6 is 23.7 Å². The molecule has 0 aromatic carbocycles. The number of nitrogens with zero attached hydrogens (tertiary/aromatic N) is 3. The Kier molecular flexibility index (Phi) is 4.91. The second-order valence-corrected chi connectivity index (χ2v) is 6.42. The van der Waals surface area contributed by atoms with Gasteiger partial charge in [-0.15, -0.1) is 23.7 Å². The number of hydrogen-bond donors (Lipinski definition) is 1. The molecule has 1 amide bonds. The number of likely N-dealkylation sites (tertiary alicyclic amines) is 1. The summed E-state index contributed by atoms with van der Waals surface area (Å²) >= 11 is 1.55. The van der Waals surface area contributed by atoms with Crippen molar-refractivity contribution in [2.45, 2.75) is 25.8 Å². The highest BCUT2D eigenvalue weighted by Gasteiger charge is 2.24. The van der Waals surface area contributed by atoms with Gasteiger partial charge in [-0.2, -0.15) is 5.10 Å². The molecule has 0 unspecified atom stereocenters. The van der Waals surface area contributed by atoms with E-state index < -0.39 is 0 Å². The van der Waals surface area contributed by atoms with Crippen molar-refractivity contribution in [3.8, 4) is 0 Å². The van der Waals surface area contributed by atoms with Gasteiger partial charge in [0.05, 0.1) is 10.6 Å². The minimum Gasteiger partial charge on any atom is -0.338 e. The molecule has 0 bridgehead atoms. The molecule has 5 nitrogen and oxygen atoms in total. The molecule has 0 aliphatic carbocycles. The molecule has 2 aromatic rings. The second kappa shape index (κ2) is 6.34. The van der Waals surface area contributed by atoms with Crippen molar-refractivity contribution in [2.75, 3.05) is 20.1 Å². The van der Waals surface area contributed by atoms with Crippen molar-refractivity contribution in [3.63, 3.8) is 0 Å². The van der Waals surface area contributed by atoms with Gasteiger partial charge < -0.3 is 10.2 Å². The number of nitrogens with one attached hydrogen (secondary N) is 1. The van der Waals surface area contributed by atoms with Crippen LogP contribution in [0, 0.1) is 6.92 Å². The molecule has 1 aliphatic rings. The van der Waals surface area contributed by atoms with E-state index in [2.05, 4.69) is 10.4 Å². The van der Waals surface area contributed by atoms with Crippen LogP contribution in [0.15, 0.2) is 6.07 Å². The van der Waals surface area contributed by atoms with Crippen LogP contribution in [0.1, 0.15) is 28.2 Å². The lowest BCUT2D eigenvalue weighted by Crippen LogP contribution is -2.43. The van der Waals surface area contributed by atoms with E-state index in [1.54, 1.807) is 11.3 Å². The molecule has 0 spiro atoms. The molecule has 21 heavy (non-hydrogen) atoms. The number of halogens is 1. The van der Waals surface area contributed by atoms with Crippen LogP contribution in [0.2, 0.25) is 0 Å². The number of hydrogen-bond acceptors (Lipinski definition) is 4. The van der Waals surface area contributed by atoms with E-state index in [-0.39, 0.29) is 18.3 Å². The predicted molar refractivity (Wildman–Crippen MR) is 88.6 cm³/mol. The number of amides is 1. The van der Waals surface area contributed by atoms with Crippen molar-refractivity contribution in [2.24, 2.45) is 7.05 Å². The third-order valence-electron chi connectivity index (χ3n) is 4.10. The maximum absolute atomic E-state index is 12.6. The summed E-state index contributed by atoms with van der Waals surface area (Å²) in [6.07, 6.45) is 2.07. The van der Waals surface area contributed by atoms with Gasteiger partial charge in [0.1, 0.15) is 4.83 Å². The molecular weight excluding hydrogens is 308 g/mol. The molecule has 0 atom stereocenters. The Hall–Kier alpha value is -1.11. The Bertz CT molecular complexity index is 608. The van der Waals surface area contributed by atoms with Crippen molar-refractivity contribution in [1.29, 1.82) is 0 Å². The van der Waals surface area contributed by atoms with Gasteiger partial charge in [-0.1, -0.05) is 0 Å². The number of fused-ring (bicyclic) bond motifs is 1. The third kappa shape index (κ3) is 2.93. The first kappa shape index (κ1) is 16.3. The summed E-state index contributed by atoms with van der Waals surface area (Å²) in [6.45, 7) is 3.67. The molecule has 1 fully saturated rings. The molecule has 0 saturated carbocycles. The monoisotopic (exact) mass is 328 g/mol. The largest absolute Gasteiger partial charge is 0.338 e. The number of piperidine rings is 1. The normalized spacial score (nSPS) is 16.2. The standard InChI is InChI=1S/C14H20N4OS.ClH/c1-9-11-8-12(20-14(11)17(3)16-9)13(19)18-6-4-10(15-2)5-7-18;/h8,10,15H,4-7H2,1-3H3;1H. The Morgan fingerprint density at radius 1 is 1.43 bits per heavy atom. The van der Waals surface area contributed by atoms with Gasteiger partial charge >= 0.3 is 0 Å². The SMILES string of the molecule is CNC1CCN(C(=O)c2cc3c(C)nn(C)c3s2)CC1.Cl. The lowest BCUT2D eigenvalue weighted by molar-refractivity contribution is 0.0712. The van der Waals surface area contributed by atoms with Gasteiger partial charge in [-0.3, -0.25) is 9.48 Å². The van der Waals surface area contributed by atoms with Gasteiger partial charge in [0.15, 0.2) is 0 Å². The summed E-state index contributed by atoms with van der Waals surface area (Å²) in [6, 6.07) is 2.54. The Morgan fingerprint density at radius 3 is 2.67 bits per heavy atom. The molecule has 3 rings (SSSR count). The van der Waals surface area contributed by atoms with Gasteiger partial charge in [0.2, 0.25) is 0 Å². The summed E-state index contributed by atoms with van der Waals surface area (Å²) in [4.78, 5) is 16.5. The zero-order valence-electron chi connectivity index (χ0n) is 12.5. The lowest BCUT2D eigenvalue weighted by atomic mass is 10.1. The molecule has 7 heteroatoms. The van der Waals surface area contributed by atoms with Crippen LogP contribution in [-0.2, 0) is 7.05 Å². The average Bonchev–Trinajstić information content (AvgIpc) is 3.01. The van der Waals surface area contributed by atoms with Crippen LogP contribution in [-0.4, -0.2) is 46.8 Å². The molecule has 0 radical (unpaired) electrons. The second-order valence-electron chi connectivity index (χ2n) is 5.39. The van der Waals surface area contributed by atoms with Crippen LogP contribution < -0.4 is 5.32 Å². The van der Waals surface area contributed by atoms with Gasteiger partial charge in [0.25, 0.3) is 5.91 Å². The molecule has 116 valence electrons. The summed E-state index contributed by atoms with van der Waals surface area (Å²) in [5, 5.41) is 8.77. The topological polar surface area (TPSA) is 50.2 Å². The molecule has 1 N–H and O–H groups in total. The molecule has 3 heterocycles. The van der Waals surface area contributed by atoms with Gasteiger partial charge in [0, 0.05) is 31.6 Å². The van der Waals surface area contributed by atoms with E-state index in [1.165, 1.54) is 0 Å². The van der Waals surface area contributed by atoms with E-state index in [1.807, 2.05) is 36.7 Å². The van der Waals surface area contributed by atoms with Gasteiger partial charge in [-0.25, -0.2) is 0 Å². The van der Waals surface area contributed by atoms with Crippen LogP contribution in [0.4, 0.5) is 0 Å². The first-order chi connectivity index (χ1) is 9.60. The lowest BCUT2D eigenvalue weighted by Gasteiger charge is -2.31. The maximum atomic E-state index is 12.6.